The van der Waals surface area contributed by atoms with Crippen LogP contribution in [-0.2, 0) is 17.8 Å². The molecular formula is C19H19ClFN3O. The number of halogens is 2. The van der Waals surface area contributed by atoms with Crippen LogP contribution in [0.1, 0.15) is 30.7 Å². The van der Waals surface area contributed by atoms with Crippen molar-refractivity contribution in [1.82, 2.24) is 9.55 Å². The fourth-order valence-electron chi connectivity index (χ4n) is 3.10. The number of aromatic nitrogens is 2. The summed E-state index contributed by atoms with van der Waals surface area (Å²) in [5.41, 5.74) is 7.77. The number of rotatable bonds is 6. The van der Waals surface area contributed by atoms with E-state index in [0.29, 0.717) is 17.0 Å². The van der Waals surface area contributed by atoms with Crippen molar-refractivity contribution in [2.45, 2.75) is 32.2 Å². The second kappa shape index (κ2) is 7.23. The molecule has 1 unspecified atom stereocenters. The zero-order valence-electron chi connectivity index (χ0n) is 13.9. The molecule has 0 saturated carbocycles. The van der Waals surface area contributed by atoms with Crippen LogP contribution in [0.3, 0.4) is 0 Å². The van der Waals surface area contributed by atoms with Gasteiger partial charge in [-0.1, -0.05) is 36.7 Å². The maximum atomic E-state index is 13.6. The van der Waals surface area contributed by atoms with Crippen molar-refractivity contribution in [1.29, 1.82) is 0 Å². The zero-order chi connectivity index (χ0) is 18.0. The molecule has 0 saturated heterocycles. The Bertz CT molecular complexity index is 922. The number of primary amides is 1. The van der Waals surface area contributed by atoms with E-state index in [2.05, 4.69) is 11.9 Å². The highest BCUT2D eigenvalue weighted by molar-refractivity contribution is 6.35. The van der Waals surface area contributed by atoms with Crippen molar-refractivity contribution in [3.8, 4) is 0 Å². The molecule has 0 fully saturated rings. The highest BCUT2D eigenvalue weighted by Gasteiger charge is 2.23. The second-order valence-corrected chi connectivity index (χ2v) is 6.41. The largest absolute Gasteiger partial charge is 0.369 e. The number of para-hydroxylation sites is 1. The number of carbonyl (C=O) groups is 1. The molecule has 1 atom stereocenters. The fourth-order valence-corrected chi connectivity index (χ4v) is 3.37. The fraction of sp³-hybridized carbons (Fsp3) is 0.263. The predicted octanol–water partition coefficient (Wildman–Crippen LogP) is 4.05. The molecule has 25 heavy (non-hydrogen) atoms. The van der Waals surface area contributed by atoms with E-state index in [-0.39, 0.29) is 0 Å². The monoisotopic (exact) mass is 359 g/mol. The molecule has 3 aromatic rings. The average Bonchev–Trinajstić information content (AvgIpc) is 2.91. The Kier molecular flexibility index (Phi) is 5.04. The van der Waals surface area contributed by atoms with Crippen LogP contribution in [0.2, 0.25) is 5.02 Å². The standard InChI is InChI=1S/C19H19ClFN3O/c1-2-9-24-17(23-16-8-4-7-15(20)18(16)24)11-14(19(22)25)12-5-3-6-13(21)10-12/h3-8,10,14H,2,9,11H2,1H3,(H2,22,25). The van der Waals surface area contributed by atoms with Gasteiger partial charge in [0.1, 0.15) is 11.6 Å². The summed E-state index contributed by atoms with van der Waals surface area (Å²) in [4.78, 5) is 16.6. The van der Waals surface area contributed by atoms with E-state index < -0.39 is 17.6 Å². The van der Waals surface area contributed by atoms with Crippen molar-refractivity contribution in [3.63, 3.8) is 0 Å². The summed E-state index contributed by atoms with van der Waals surface area (Å²) >= 11 is 6.35. The van der Waals surface area contributed by atoms with Crippen LogP contribution in [0.4, 0.5) is 4.39 Å². The lowest BCUT2D eigenvalue weighted by molar-refractivity contribution is -0.119. The molecule has 0 bridgehead atoms. The maximum Gasteiger partial charge on any atom is 0.225 e. The third-order valence-electron chi connectivity index (χ3n) is 4.22. The van der Waals surface area contributed by atoms with Gasteiger partial charge in [-0.15, -0.1) is 0 Å². The molecule has 130 valence electrons. The van der Waals surface area contributed by atoms with Gasteiger partial charge in [0.15, 0.2) is 0 Å². The topological polar surface area (TPSA) is 60.9 Å². The van der Waals surface area contributed by atoms with Crippen molar-refractivity contribution in [3.05, 3.63) is 64.7 Å². The number of nitrogens with two attached hydrogens (primary N) is 1. The molecule has 0 radical (unpaired) electrons. The van der Waals surface area contributed by atoms with Crippen molar-refractivity contribution >= 4 is 28.5 Å². The lowest BCUT2D eigenvalue weighted by atomic mass is 9.94. The van der Waals surface area contributed by atoms with Gasteiger partial charge in [-0.25, -0.2) is 9.37 Å². The number of aryl methyl sites for hydroxylation is 1. The molecule has 0 aliphatic carbocycles. The third-order valence-corrected chi connectivity index (χ3v) is 4.53. The van der Waals surface area contributed by atoms with Gasteiger partial charge in [0.05, 0.1) is 22.0 Å². The Morgan fingerprint density at radius 3 is 2.76 bits per heavy atom. The van der Waals surface area contributed by atoms with Crippen molar-refractivity contribution in [2.24, 2.45) is 5.73 Å². The Morgan fingerprint density at radius 1 is 1.32 bits per heavy atom. The molecule has 2 aromatic carbocycles. The van der Waals surface area contributed by atoms with Crippen LogP contribution in [0.25, 0.3) is 11.0 Å². The average molecular weight is 360 g/mol. The van der Waals surface area contributed by atoms with E-state index in [0.717, 1.165) is 29.8 Å². The zero-order valence-corrected chi connectivity index (χ0v) is 14.6. The molecule has 6 heteroatoms. The summed E-state index contributed by atoms with van der Waals surface area (Å²) in [7, 11) is 0. The Hall–Kier alpha value is -2.40. The minimum absolute atomic E-state index is 0.295. The van der Waals surface area contributed by atoms with Gasteiger partial charge in [-0.05, 0) is 36.2 Å². The second-order valence-electron chi connectivity index (χ2n) is 6.00. The first kappa shape index (κ1) is 17.4. The van der Waals surface area contributed by atoms with E-state index in [4.69, 9.17) is 17.3 Å². The number of fused-ring (bicyclic) bond motifs is 1. The minimum atomic E-state index is -0.651. The highest BCUT2D eigenvalue weighted by Crippen LogP contribution is 2.28. The van der Waals surface area contributed by atoms with Gasteiger partial charge in [-0.2, -0.15) is 0 Å². The number of benzene rings is 2. The van der Waals surface area contributed by atoms with Crippen LogP contribution in [0, 0.1) is 5.82 Å². The quantitative estimate of drug-likeness (QED) is 0.721. The smallest absolute Gasteiger partial charge is 0.225 e. The molecule has 0 spiro atoms. The molecule has 1 amide bonds. The summed E-state index contributed by atoms with van der Waals surface area (Å²) in [5.74, 6) is -0.833. The summed E-state index contributed by atoms with van der Waals surface area (Å²) < 4.78 is 15.6. The van der Waals surface area contributed by atoms with Crippen molar-refractivity contribution in [2.75, 3.05) is 0 Å². The molecular weight excluding hydrogens is 341 g/mol. The summed E-state index contributed by atoms with van der Waals surface area (Å²) in [6.45, 7) is 2.79. The number of nitrogens with zero attached hydrogens (tertiary/aromatic N) is 2. The molecule has 1 heterocycles. The summed E-state index contributed by atoms with van der Waals surface area (Å²) in [6, 6.07) is 11.5. The molecule has 2 N–H and O–H groups in total. The summed E-state index contributed by atoms with van der Waals surface area (Å²) in [6.07, 6.45) is 1.19. The van der Waals surface area contributed by atoms with Crippen LogP contribution in [0.5, 0.6) is 0 Å². The number of imidazole rings is 1. The number of amides is 1. The van der Waals surface area contributed by atoms with Gasteiger partial charge in [-0.3, -0.25) is 4.79 Å². The first-order chi connectivity index (χ1) is 12.0. The van der Waals surface area contributed by atoms with E-state index in [1.807, 2.05) is 22.8 Å². The lowest BCUT2D eigenvalue weighted by Crippen LogP contribution is -2.24. The molecule has 3 rings (SSSR count). The van der Waals surface area contributed by atoms with Crippen LogP contribution in [-0.4, -0.2) is 15.5 Å². The first-order valence-corrected chi connectivity index (χ1v) is 8.57. The highest BCUT2D eigenvalue weighted by atomic mass is 35.5. The molecule has 1 aromatic heterocycles. The number of hydrogen-bond donors (Lipinski definition) is 1. The minimum Gasteiger partial charge on any atom is -0.369 e. The Labute approximate surface area is 150 Å². The van der Waals surface area contributed by atoms with Crippen molar-refractivity contribution < 1.29 is 9.18 Å². The maximum absolute atomic E-state index is 13.6. The van der Waals surface area contributed by atoms with E-state index in [1.54, 1.807) is 12.1 Å². The first-order valence-electron chi connectivity index (χ1n) is 8.19. The third kappa shape index (κ3) is 3.51. The number of carbonyl (C=O) groups excluding carboxylic acids is 1. The van der Waals surface area contributed by atoms with Gasteiger partial charge < -0.3 is 10.3 Å². The molecule has 0 aliphatic heterocycles. The Balaban J connectivity index is 2.07. The van der Waals surface area contributed by atoms with Gasteiger partial charge in [0.2, 0.25) is 5.91 Å². The lowest BCUT2D eigenvalue weighted by Gasteiger charge is -2.15. The van der Waals surface area contributed by atoms with Crippen LogP contribution >= 0.6 is 11.6 Å². The number of hydrogen-bond acceptors (Lipinski definition) is 2. The van der Waals surface area contributed by atoms with E-state index >= 15 is 0 Å². The van der Waals surface area contributed by atoms with Crippen LogP contribution < -0.4 is 5.73 Å². The van der Waals surface area contributed by atoms with E-state index in [9.17, 15) is 9.18 Å². The van der Waals surface area contributed by atoms with Gasteiger partial charge >= 0.3 is 0 Å². The summed E-state index contributed by atoms with van der Waals surface area (Å²) in [5, 5.41) is 0.617. The van der Waals surface area contributed by atoms with E-state index in [1.165, 1.54) is 12.1 Å². The van der Waals surface area contributed by atoms with Gasteiger partial charge in [0, 0.05) is 13.0 Å². The molecule has 4 nitrogen and oxygen atoms in total. The van der Waals surface area contributed by atoms with Crippen LogP contribution in [0.15, 0.2) is 42.5 Å². The molecule has 0 aliphatic rings. The predicted molar refractivity (Wildman–Crippen MR) is 97.1 cm³/mol. The Morgan fingerprint density at radius 2 is 2.08 bits per heavy atom. The van der Waals surface area contributed by atoms with Gasteiger partial charge in [0.25, 0.3) is 0 Å². The normalized spacial score (nSPS) is 12.4. The SMILES string of the molecule is CCCn1c(CC(C(N)=O)c2cccc(F)c2)nc2cccc(Cl)c21.